The second kappa shape index (κ2) is 7.63. The van der Waals surface area contributed by atoms with Crippen LogP contribution >= 0.6 is 0 Å². The van der Waals surface area contributed by atoms with Gasteiger partial charge in [-0.2, -0.15) is 0 Å². The highest BCUT2D eigenvalue weighted by molar-refractivity contribution is 5.76. The minimum absolute atomic E-state index is 0.0575. The number of hydrogen-bond donors (Lipinski definition) is 2. The monoisotopic (exact) mass is 228 g/mol. The minimum atomic E-state index is -0.388. The lowest BCUT2D eigenvalue weighted by Crippen LogP contribution is -2.34. The Labute approximate surface area is 98.0 Å². The summed E-state index contributed by atoms with van der Waals surface area (Å²) in [5, 5.41) is 12.2. The standard InChI is InChI=1S/C12H24N2O2/c1-2-5-11(15)10-13-12(16)6-9-14-7-3-4-8-14/h11,15H,2-10H2,1H3,(H,13,16). The number of aliphatic hydroxyl groups excluding tert-OH is 1. The van der Waals surface area contributed by atoms with E-state index in [2.05, 4.69) is 10.2 Å². The number of carbonyl (C=O) groups excluding carboxylic acids is 1. The number of carbonyl (C=O) groups is 1. The Morgan fingerprint density at radius 1 is 1.44 bits per heavy atom. The molecule has 2 N–H and O–H groups in total. The quantitative estimate of drug-likeness (QED) is 0.676. The number of hydrogen-bond acceptors (Lipinski definition) is 3. The number of likely N-dealkylation sites (tertiary alicyclic amines) is 1. The van der Waals surface area contributed by atoms with Crippen molar-refractivity contribution in [2.75, 3.05) is 26.2 Å². The summed E-state index contributed by atoms with van der Waals surface area (Å²) in [4.78, 5) is 13.8. The van der Waals surface area contributed by atoms with Crippen molar-refractivity contribution < 1.29 is 9.90 Å². The van der Waals surface area contributed by atoms with Gasteiger partial charge in [0.15, 0.2) is 0 Å². The summed E-state index contributed by atoms with van der Waals surface area (Å²) in [5.74, 6) is 0.0575. The summed E-state index contributed by atoms with van der Waals surface area (Å²) < 4.78 is 0. The van der Waals surface area contributed by atoms with Gasteiger partial charge in [0, 0.05) is 19.5 Å². The zero-order valence-electron chi connectivity index (χ0n) is 10.2. The number of rotatable bonds is 7. The summed E-state index contributed by atoms with van der Waals surface area (Å²) in [7, 11) is 0. The average molecular weight is 228 g/mol. The summed E-state index contributed by atoms with van der Waals surface area (Å²) >= 11 is 0. The van der Waals surface area contributed by atoms with Crippen molar-refractivity contribution in [2.45, 2.75) is 45.1 Å². The third-order valence-electron chi connectivity index (χ3n) is 3.01. The van der Waals surface area contributed by atoms with Crippen LogP contribution in [0.1, 0.15) is 39.0 Å². The van der Waals surface area contributed by atoms with Crippen LogP contribution in [0.2, 0.25) is 0 Å². The summed E-state index contributed by atoms with van der Waals surface area (Å²) in [6.45, 7) is 5.54. The highest BCUT2D eigenvalue weighted by Gasteiger charge is 2.13. The Morgan fingerprint density at radius 2 is 2.12 bits per heavy atom. The van der Waals surface area contributed by atoms with Crippen molar-refractivity contribution in [1.29, 1.82) is 0 Å². The van der Waals surface area contributed by atoms with Crippen molar-refractivity contribution in [2.24, 2.45) is 0 Å². The van der Waals surface area contributed by atoms with E-state index in [9.17, 15) is 9.90 Å². The molecule has 16 heavy (non-hydrogen) atoms. The fourth-order valence-corrected chi connectivity index (χ4v) is 2.02. The van der Waals surface area contributed by atoms with Gasteiger partial charge in [0.05, 0.1) is 6.10 Å². The SMILES string of the molecule is CCCC(O)CNC(=O)CCN1CCCC1. The van der Waals surface area contributed by atoms with Crippen LogP contribution in [0.25, 0.3) is 0 Å². The number of nitrogens with zero attached hydrogens (tertiary/aromatic N) is 1. The first-order valence-electron chi connectivity index (χ1n) is 6.39. The van der Waals surface area contributed by atoms with Gasteiger partial charge < -0.3 is 15.3 Å². The van der Waals surface area contributed by atoms with Gasteiger partial charge in [-0.3, -0.25) is 4.79 Å². The van der Waals surface area contributed by atoms with E-state index in [0.29, 0.717) is 13.0 Å². The van der Waals surface area contributed by atoms with Crippen LogP contribution in [0, 0.1) is 0 Å². The molecule has 0 spiro atoms. The van der Waals surface area contributed by atoms with Crippen molar-refractivity contribution >= 4 is 5.91 Å². The smallest absolute Gasteiger partial charge is 0.221 e. The molecule has 0 aliphatic carbocycles. The van der Waals surface area contributed by atoms with Crippen molar-refractivity contribution in [3.63, 3.8) is 0 Å². The zero-order valence-corrected chi connectivity index (χ0v) is 10.2. The van der Waals surface area contributed by atoms with E-state index in [1.807, 2.05) is 6.92 Å². The topological polar surface area (TPSA) is 52.6 Å². The normalized spacial score (nSPS) is 18.6. The maximum Gasteiger partial charge on any atom is 0.221 e. The van der Waals surface area contributed by atoms with Gasteiger partial charge in [-0.1, -0.05) is 13.3 Å². The summed E-state index contributed by atoms with van der Waals surface area (Å²) in [6.07, 6.45) is 4.39. The lowest BCUT2D eigenvalue weighted by atomic mass is 10.2. The van der Waals surface area contributed by atoms with Gasteiger partial charge in [-0.15, -0.1) is 0 Å². The Bertz CT molecular complexity index is 203. The van der Waals surface area contributed by atoms with Crippen molar-refractivity contribution in [1.82, 2.24) is 10.2 Å². The molecule has 94 valence electrons. The van der Waals surface area contributed by atoms with Crippen LogP contribution < -0.4 is 5.32 Å². The number of nitrogens with one attached hydrogen (secondary N) is 1. The molecule has 1 saturated heterocycles. The van der Waals surface area contributed by atoms with E-state index in [0.717, 1.165) is 32.5 Å². The molecule has 0 bridgehead atoms. The number of aliphatic hydroxyl groups is 1. The molecule has 0 radical (unpaired) electrons. The molecular formula is C12H24N2O2. The van der Waals surface area contributed by atoms with Gasteiger partial charge in [0.2, 0.25) is 5.91 Å². The molecule has 0 aromatic rings. The largest absolute Gasteiger partial charge is 0.391 e. The first-order valence-corrected chi connectivity index (χ1v) is 6.39. The van der Waals surface area contributed by atoms with E-state index in [1.165, 1.54) is 12.8 Å². The van der Waals surface area contributed by atoms with Crippen molar-refractivity contribution in [3.8, 4) is 0 Å². The zero-order chi connectivity index (χ0) is 11.8. The molecule has 1 atom stereocenters. The molecule has 1 aliphatic heterocycles. The Morgan fingerprint density at radius 3 is 2.75 bits per heavy atom. The lowest BCUT2D eigenvalue weighted by Gasteiger charge is -2.15. The van der Waals surface area contributed by atoms with Gasteiger partial charge >= 0.3 is 0 Å². The van der Waals surface area contributed by atoms with Crippen LogP contribution in [0.3, 0.4) is 0 Å². The molecule has 1 unspecified atom stereocenters. The van der Waals surface area contributed by atoms with Crippen molar-refractivity contribution in [3.05, 3.63) is 0 Å². The predicted octanol–water partition coefficient (Wildman–Crippen LogP) is 0.749. The maximum absolute atomic E-state index is 11.5. The molecule has 0 saturated carbocycles. The summed E-state index contributed by atoms with van der Waals surface area (Å²) in [5.41, 5.74) is 0. The van der Waals surface area contributed by atoms with Gasteiger partial charge in [-0.05, 0) is 32.4 Å². The maximum atomic E-state index is 11.5. The minimum Gasteiger partial charge on any atom is -0.391 e. The average Bonchev–Trinajstić information content (AvgIpc) is 2.77. The fourth-order valence-electron chi connectivity index (χ4n) is 2.02. The number of amides is 1. The molecule has 1 heterocycles. The molecule has 4 heteroatoms. The molecule has 1 rings (SSSR count). The van der Waals surface area contributed by atoms with Crippen LogP contribution in [0.15, 0.2) is 0 Å². The Balaban J connectivity index is 2.01. The lowest BCUT2D eigenvalue weighted by molar-refractivity contribution is -0.121. The van der Waals surface area contributed by atoms with Crippen LogP contribution in [-0.2, 0) is 4.79 Å². The first kappa shape index (κ1) is 13.5. The van der Waals surface area contributed by atoms with E-state index < -0.39 is 0 Å². The first-order chi connectivity index (χ1) is 7.72. The fraction of sp³-hybridized carbons (Fsp3) is 0.917. The summed E-state index contributed by atoms with van der Waals surface area (Å²) in [6, 6.07) is 0. The van der Waals surface area contributed by atoms with Gasteiger partial charge in [0.25, 0.3) is 0 Å². The van der Waals surface area contributed by atoms with Crippen LogP contribution in [0.5, 0.6) is 0 Å². The third-order valence-corrected chi connectivity index (χ3v) is 3.01. The van der Waals surface area contributed by atoms with Crippen LogP contribution in [0.4, 0.5) is 0 Å². The second-order valence-electron chi connectivity index (χ2n) is 4.55. The Kier molecular flexibility index (Phi) is 6.42. The van der Waals surface area contributed by atoms with E-state index in [1.54, 1.807) is 0 Å². The molecule has 1 amide bonds. The molecule has 1 aliphatic rings. The van der Waals surface area contributed by atoms with E-state index >= 15 is 0 Å². The molecule has 0 aromatic carbocycles. The molecule has 0 aromatic heterocycles. The highest BCUT2D eigenvalue weighted by atomic mass is 16.3. The predicted molar refractivity (Wildman–Crippen MR) is 64.2 cm³/mol. The Hall–Kier alpha value is -0.610. The third kappa shape index (κ3) is 5.47. The second-order valence-corrected chi connectivity index (χ2v) is 4.55. The van der Waals surface area contributed by atoms with Gasteiger partial charge in [-0.25, -0.2) is 0 Å². The van der Waals surface area contributed by atoms with E-state index in [-0.39, 0.29) is 12.0 Å². The highest BCUT2D eigenvalue weighted by Crippen LogP contribution is 2.07. The molecule has 1 fully saturated rings. The van der Waals surface area contributed by atoms with Gasteiger partial charge in [0.1, 0.15) is 0 Å². The molecule has 4 nitrogen and oxygen atoms in total. The molecular weight excluding hydrogens is 204 g/mol. The van der Waals surface area contributed by atoms with Crippen LogP contribution in [-0.4, -0.2) is 48.2 Å². The van der Waals surface area contributed by atoms with E-state index in [4.69, 9.17) is 0 Å².